The van der Waals surface area contributed by atoms with Gasteiger partial charge in [-0.3, -0.25) is 0 Å². The van der Waals surface area contributed by atoms with Crippen LogP contribution < -0.4 is 5.32 Å². The molecular weight excluding hydrogens is 194 g/mol. The average Bonchev–Trinajstić information content (AvgIpc) is 2.24. The maximum Gasteiger partial charge on any atom is 0.0299 e. The molecule has 1 N–H and O–H groups in total. The zero-order chi connectivity index (χ0) is 12.4. The van der Waals surface area contributed by atoms with Gasteiger partial charge in [0.15, 0.2) is 0 Å². The smallest absolute Gasteiger partial charge is 0.0299 e. The standard InChI is InChI=1S/C15H27N/c1-6-9-15(10-7-2)16-14(8-3)12-11-13(4)5/h8,11-12,15-16H,4,6-7,9-10H2,1-3,5H3/b12-11-,14-8+. The second kappa shape index (κ2) is 9.26. The van der Waals surface area contributed by atoms with Gasteiger partial charge in [-0.2, -0.15) is 0 Å². The van der Waals surface area contributed by atoms with Crippen LogP contribution in [0.1, 0.15) is 53.4 Å². The van der Waals surface area contributed by atoms with E-state index < -0.39 is 0 Å². The van der Waals surface area contributed by atoms with Crippen LogP contribution in [-0.2, 0) is 0 Å². The zero-order valence-electron chi connectivity index (χ0n) is 11.3. The molecule has 0 atom stereocenters. The van der Waals surface area contributed by atoms with Crippen LogP contribution in [0, 0.1) is 0 Å². The molecule has 1 heteroatoms. The highest BCUT2D eigenvalue weighted by Gasteiger charge is 2.05. The van der Waals surface area contributed by atoms with Crippen LogP contribution in [-0.4, -0.2) is 6.04 Å². The molecular formula is C15H27N. The number of rotatable bonds is 8. The van der Waals surface area contributed by atoms with Crippen molar-refractivity contribution in [3.8, 4) is 0 Å². The third-order valence-electron chi connectivity index (χ3n) is 2.50. The van der Waals surface area contributed by atoms with E-state index in [1.165, 1.54) is 31.4 Å². The van der Waals surface area contributed by atoms with Gasteiger partial charge in [0.05, 0.1) is 0 Å². The van der Waals surface area contributed by atoms with Gasteiger partial charge in [0.25, 0.3) is 0 Å². The first-order valence-electron chi connectivity index (χ1n) is 6.40. The first-order valence-corrected chi connectivity index (χ1v) is 6.40. The summed E-state index contributed by atoms with van der Waals surface area (Å²) >= 11 is 0. The molecule has 0 saturated heterocycles. The quantitative estimate of drug-likeness (QED) is 0.591. The Hall–Kier alpha value is -0.980. The summed E-state index contributed by atoms with van der Waals surface area (Å²) in [5.41, 5.74) is 2.29. The average molecular weight is 221 g/mol. The van der Waals surface area contributed by atoms with Crippen molar-refractivity contribution < 1.29 is 0 Å². The minimum Gasteiger partial charge on any atom is -0.383 e. The van der Waals surface area contributed by atoms with E-state index in [0.717, 1.165) is 5.57 Å². The minimum absolute atomic E-state index is 0.607. The van der Waals surface area contributed by atoms with E-state index in [1.807, 2.05) is 6.92 Å². The first-order chi connectivity index (χ1) is 7.63. The van der Waals surface area contributed by atoms with Crippen molar-refractivity contribution in [3.05, 3.63) is 36.1 Å². The summed E-state index contributed by atoms with van der Waals surface area (Å²) in [4.78, 5) is 0. The Kier molecular flexibility index (Phi) is 8.69. The molecule has 0 fully saturated rings. The molecule has 0 rings (SSSR count). The molecule has 0 unspecified atom stereocenters. The molecule has 0 bridgehead atoms. The second-order valence-electron chi connectivity index (χ2n) is 4.34. The lowest BCUT2D eigenvalue weighted by molar-refractivity contribution is 0.486. The lowest BCUT2D eigenvalue weighted by Gasteiger charge is -2.19. The van der Waals surface area contributed by atoms with Crippen molar-refractivity contribution in [2.75, 3.05) is 0 Å². The van der Waals surface area contributed by atoms with Crippen molar-refractivity contribution in [3.63, 3.8) is 0 Å². The van der Waals surface area contributed by atoms with E-state index in [2.05, 4.69) is 50.9 Å². The highest BCUT2D eigenvalue weighted by molar-refractivity contribution is 5.24. The number of nitrogens with one attached hydrogen (secondary N) is 1. The van der Waals surface area contributed by atoms with E-state index in [9.17, 15) is 0 Å². The molecule has 0 spiro atoms. The Bertz CT molecular complexity index is 242. The van der Waals surface area contributed by atoms with Crippen LogP contribution in [0.25, 0.3) is 0 Å². The van der Waals surface area contributed by atoms with Gasteiger partial charge in [-0.15, -0.1) is 0 Å². The lowest BCUT2D eigenvalue weighted by Crippen LogP contribution is -2.27. The van der Waals surface area contributed by atoms with Crippen molar-refractivity contribution in [2.45, 2.75) is 59.4 Å². The third-order valence-corrected chi connectivity index (χ3v) is 2.50. The van der Waals surface area contributed by atoms with E-state index in [4.69, 9.17) is 0 Å². The zero-order valence-corrected chi connectivity index (χ0v) is 11.3. The number of hydrogen-bond acceptors (Lipinski definition) is 1. The SMILES string of the molecule is C=C(C)/C=C\C(=C/C)NC(CCC)CCC. The molecule has 0 aromatic rings. The van der Waals surface area contributed by atoms with Gasteiger partial charge in [0.2, 0.25) is 0 Å². The van der Waals surface area contributed by atoms with Crippen LogP contribution in [0.5, 0.6) is 0 Å². The Balaban J connectivity index is 4.32. The fourth-order valence-corrected chi connectivity index (χ4v) is 1.68. The molecule has 16 heavy (non-hydrogen) atoms. The molecule has 0 radical (unpaired) electrons. The maximum atomic E-state index is 3.87. The van der Waals surface area contributed by atoms with E-state index in [1.54, 1.807) is 0 Å². The monoisotopic (exact) mass is 221 g/mol. The van der Waals surface area contributed by atoms with Crippen molar-refractivity contribution >= 4 is 0 Å². The molecule has 0 heterocycles. The predicted molar refractivity (Wildman–Crippen MR) is 74.5 cm³/mol. The summed E-state index contributed by atoms with van der Waals surface area (Å²) in [6.07, 6.45) is 11.2. The molecule has 0 amide bonds. The van der Waals surface area contributed by atoms with Gasteiger partial charge >= 0.3 is 0 Å². The van der Waals surface area contributed by atoms with Crippen LogP contribution in [0.3, 0.4) is 0 Å². The van der Waals surface area contributed by atoms with E-state index in [0.29, 0.717) is 6.04 Å². The van der Waals surface area contributed by atoms with Crippen molar-refractivity contribution in [1.29, 1.82) is 0 Å². The van der Waals surface area contributed by atoms with Gasteiger partial charge < -0.3 is 5.32 Å². The molecule has 0 saturated carbocycles. The van der Waals surface area contributed by atoms with E-state index >= 15 is 0 Å². The normalized spacial score (nSPS) is 12.4. The minimum atomic E-state index is 0.607. The summed E-state index contributed by atoms with van der Waals surface area (Å²) in [5, 5.41) is 3.59. The summed E-state index contributed by atoms with van der Waals surface area (Å²) in [7, 11) is 0. The highest BCUT2D eigenvalue weighted by atomic mass is 14.9. The van der Waals surface area contributed by atoms with Crippen LogP contribution in [0.2, 0.25) is 0 Å². The third kappa shape index (κ3) is 7.33. The topological polar surface area (TPSA) is 12.0 Å². The van der Waals surface area contributed by atoms with Crippen LogP contribution >= 0.6 is 0 Å². The molecule has 92 valence electrons. The van der Waals surface area contributed by atoms with Crippen molar-refractivity contribution in [2.24, 2.45) is 0 Å². The second-order valence-corrected chi connectivity index (χ2v) is 4.34. The highest BCUT2D eigenvalue weighted by Crippen LogP contribution is 2.08. The van der Waals surface area contributed by atoms with Gasteiger partial charge in [-0.05, 0) is 32.8 Å². The summed E-state index contributed by atoms with van der Waals surface area (Å²) in [5.74, 6) is 0. The van der Waals surface area contributed by atoms with Gasteiger partial charge in [0.1, 0.15) is 0 Å². The summed E-state index contributed by atoms with van der Waals surface area (Å²) in [6.45, 7) is 12.4. The molecule has 0 aliphatic carbocycles. The van der Waals surface area contributed by atoms with Gasteiger partial charge in [-0.1, -0.05) is 51.0 Å². The lowest BCUT2D eigenvalue weighted by atomic mass is 10.1. The van der Waals surface area contributed by atoms with Gasteiger partial charge in [0, 0.05) is 11.7 Å². The van der Waals surface area contributed by atoms with Gasteiger partial charge in [-0.25, -0.2) is 0 Å². The molecule has 1 nitrogen and oxygen atoms in total. The van der Waals surface area contributed by atoms with Crippen molar-refractivity contribution in [1.82, 2.24) is 5.32 Å². The Morgan fingerprint density at radius 1 is 1.19 bits per heavy atom. The molecule has 0 aromatic heterocycles. The molecule has 0 aromatic carbocycles. The first kappa shape index (κ1) is 15.0. The fraction of sp³-hybridized carbons (Fsp3) is 0.600. The van der Waals surface area contributed by atoms with Crippen LogP contribution in [0.15, 0.2) is 36.1 Å². The fourth-order valence-electron chi connectivity index (χ4n) is 1.68. The summed E-state index contributed by atoms with van der Waals surface area (Å²) < 4.78 is 0. The summed E-state index contributed by atoms with van der Waals surface area (Å²) in [6, 6.07) is 0.607. The maximum absolute atomic E-state index is 3.87. The molecule has 0 aliphatic rings. The predicted octanol–water partition coefficient (Wildman–Crippen LogP) is 4.58. The largest absolute Gasteiger partial charge is 0.383 e. The Morgan fingerprint density at radius 2 is 1.75 bits per heavy atom. The van der Waals surface area contributed by atoms with E-state index in [-0.39, 0.29) is 0 Å². The Labute approximate surface area is 101 Å². The number of hydrogen-bond donors (Lipinski definition) is 1. The van der Waals surface area contributed by atoms with Crippen LogP contribution in [0.4, 0.5) is 0 Å². The molecule has 0 aliphatic heterocycles. The number of allylic oxidation sites excluding steroid dienone is 4. The Morgan fingerprint density at radius 3 is 2.12 bits per heavy atom.